The summed E-state index contributed by atoms with van der Waals surface area (Å²) in [5.74, 6) is -0.235. The number of rotatable bonds is 2. The molecule has 0 unspecified atom stereocenters. The summed E-state index contributed by atoms with van der Waals surface area (Å²) in [6.07, 6.45) is 1.51. The van der Waals surface area contributed by atoms with Crippen molar-refractivity contribution in [1.29, 1.82) is 0 Å². The van der Waals surface area contributed by atoms with Gasteiger partial charge in [0, 0.05) is 50.0 Å². The Kier molecular flexibility index (Phi) is 3.85. The molecule has 0 saturated carbocycles. The second-order valence-electron chi connectivity index (χ2n) is 5.56. The highest BCUT2D eigenvalue weighted by Crippen LogP contribution is 2.17. The summed E-state index contributed by atoms with van der Waals surface area (Å²) in [6.45, 7) is 2.08. The normalized spacial score (nSPS) is 15.1. The lowest BCUT2D eigenvalue weighted by Gasteiger charge is -2.26. The van der Waals surface area contributed by atoms with E-state index >= 15 is 0 Å². The van der Waals surface area contributed by atoms with Gasteiger partial charge < -0.3 is 19.5 Å². The van der Waals surface area contributed by atoms with E-state index < -0.39 is 0 Å². The van der Waals surface area contributed by atoms with E-state index in [9.17, 15) is 9.59 Å². The van der Waals surface area contributed by atoms with Gasteiger partial charge in [0.25, 0.3) is 5.91 Å². The topological polar surface area (TPSA) is 65.6 Å². The largest absolute Gasteiger partial charge is 0.378 e. The Morgan fingerprint density at radius 1 is 1.27 bits per heavy atom. The number of hydrogen-bond acceptors (Lipinski definition) is 4. The van der Waals surface area contributed by atoms with Crippen LogP contribution in [0.3, 0.4) is 0 Å². The summed E-state index contributed by atoms with van der Waals surface area (Å²) in [7, 11) is 3.83. The molecular formula is C16H19N3O3. The number of nitrogens with zero attached hydrogens (tertiary/aromatic N) is 2. The van der Waals surface area contributed by atoms with E-state index in [0.29, 0.717) is 31.7 Å². The van der Waals surface area contributed by atoms with Crippen LogP contribution < -0.4 is 10.3 Å². The van der Waals surface area contributed by atoms with E-state index in [-0.39, 0.29) is 16.9 Å². The fourth-order valence-corrected chi connectivity index (χ4v) is 2.58. The third-order valence-corrected chi connectivity index (χ3v) is 3.91. The minimum atomic E-state index is -0.235. The smallest absolute Gasteiger partial charge is 0.259 e. The third-order valence-electron chi connectivity index (χ3n) is 3.91. The second kappa shape index (κ2) is 5.81. The van der Waals surface area contributed by atoms with Gasteiger partial charge in [-0.2, -0.15) is 0 Å². The highest BCUT2D eigenvalue weighted by molar-refractivity contribution is 5.97. The molecule has 0 atom stereocenters. The number of hydrogen-bond donors (Lipinski definition) is 1. The quantitative estimate of drug-likeness (QED) is 0.901. The first-order valence-electron chi connectivity index (χ1n) is 7.28. The summed E-state index contributed by atoms with van der Waals surface area (Å²) in [4.78, 5) is 31.8. The highest BCUT2D eigenvalue weighted by atomic mass is 16.5. The summed E-state index contributed by atoms with van der Waals surface area (Å²) in [6, 6.07) is 5.60. The lowest BCUT2D eigenvalue weighted by atomic mass is 10.1. The van der Waals surface area contributed by atoms with Gasteiger partial charge >= 0.3 is 0 Å². The van der Waals surface area contributed by atoms with Crippen molar-refractivity contribution in [2.75, 3.05) is 45.3 Å². The monoisotopic (exact) mass is 301 g/mol. The number of benzene rings is 1. The van der Waals surface area contributed by atoms with Crippen LogP contribution in [0.15, 0.2) is 29.2 Å². The minimum Gasteiger partial charge on any atom is -0.378 e. The van der Waals surface area contributed by atoms with Crippen molar-refractivity contribution in [2.24, 2.45) is 0 Å². The molecule has 1 amide bonds. The van der Waals surface area contributed by atoms with Crippen molar-refractivity contribution in [3.05, 3.63) is 40.2 Å². The maximum absolute atomic E-state index is 12.7. The zero-order valence-corrected chi connectivity index (χ0v) is 12.8. The van der Waals surface area contributed by atoms with Crippen LogP contribution in [0.5, 0.6) is 0 Å². The molecule has 2 heterocycles. The number of carbonyl (C=O) groups excluding carboxylic acids is 1. The van der Waals surface area contributed by atoms with E-state index in [4.69, 9.17) is 4.74 Å². The van der Waals surface area contributed by atoms with E-state index in [2.05, 4.69) is 4.98 Å². The van der Waals surface area contributed by atoms with Gasteiger partial charge in [-0.25, -0.2) is 0 Å². The lowest BCUT2D eigenvalue weighted by molar-refractivity contribution is 0.0302. The predicted molar refractivity (Wildman–Crippen MR) is 85.6 cm³/mol. The van der Waals surface area contributed by atoms with Crippen molar-refractivity contribution in [2.45, 2.75) is 0 Å². The van der Waals surface area contributed by atoms with Crippen molar-refractivity contribution in [3.8, 4) is 0 Å². The first-order chi connectivity index (χ1) is 10.6. The Bertz CT molecular complexity index is 761. The molecule has 1 aliphatic heterocycles. The van der Waals surface area contributed by atoms with Crippen LogP contribution in [0.1, 0.15) is 10.4 Å². The van der Waals surface area contributed by atoms with Gasteiger partial charge in [-0.3, -0.25) is 9.59 Å². The molecule has 6 heteroatoms. The molecule has 1 fully saturated rings. The van der Waals surface area contributed by atoms with Gasteiger partial charge in [0.05, 0.1) is 13.2 Å². The summed E-state index contributed by atoms with van der Waals surface area (Å²) in [5.41, 5.74) is 1.61. The van der Waals surface area contributed by atoms with E-state index in [1.807, 2.05) is 37.2 Å². The molecule has 3 rings (SSSR count). The molecule has 0 aliphatic carbocycles. The van der Waals surface area contributed by atoms with Gasteiger partial charge in [0.15, 0.2) is 0 Å². The van der Waals surface area contributed by atoms with Gasteiger partial charge in [-0.1, -0.05) is 0 Å². The number of aromatic amines is 1. The van der Waals surface area contributed by atoms with Crippen molar-refractivity contribution >= 4 is 22.5 Å². The van der Waals surface area contributed by atoms with Crippen LogP contribution in [0, 0.1) is 0 Å². The maximum atomic E-state index is 12.7. The van der Waals surface area contributed by atoms with Crippen LogP contribution in [0.4, 0.5) is 5.69 Å². The van der Waals surface area contributed by atoms with E-state index in [1.165, 1.54) is 6.20 Å². The summed E-state index contributed by atoms with van der Waals surface area (Å²) in [5, 5.41) is 0.533. The number of carbonyl (C=O) groups is 1. The average molecular weight is 301 g/mol. The minimum absolute atomic E-state index is 0.185. The van der Waals surface area contributed by atoms with Crippen LogP contribution in [0.2, 0.25) is 0 Å². The van der Waals surface area contributed by atoms with Crippen LogP contribution in [0.25, 0.3) is 10.9 Å². The molecule has 2 aromatic rings. The Hall–Kier alpha value is -2.34. The summed E-state index contributed by atoms with van der Waals surface area (Å²) >= 11 is 0. The molecule has 1 aromatic heterocycles. The molecule has 1 aromatic carbocycles. The number of amides is 1. The van der Waals surface area contributed by atoms with Crippen LogP contribution >= 0.6 is 0 Å². The predicted octanol–water partition coefficient (Wildman–Crippen LogP) is 1.07. The molecule has 22 heavy (non-hydrogen) atoms. The average Bonchev–Trinajstić information content (AvgIpc) is 2.55. The summed E-state index contributed by atoms with van der Waals surface area (Å²) < 4.78 is 5.24. The molecular weight excluding hydrogens is 282 g/mol. The molecule has 1 aliphatic rings. The number of H-pyrrole nitrogens is 1. The van der Waals surface area contributed by atoms with Crippen LogP contribution in [-0.2, 0) is 4.74 Å². The third kappa shape index (κ3) is 2.57. The fourth-order valence-electron chi connectivity index (χ4n) is 2.58. The van der Waals surface area contributed by atoms with Gasteiger partial charge in [-0.05, 0) is 18.2 Å². The van der Waals surface area contributed by atoms with Gasteiger partial charge in [-0.15, -0.1) is 0 Å². The molecule has 116 valence electrons. The highest BCUT2D eigenvalue weighted by Gasteiger charge is 2.21. The van der Waals surface area contributed by atoms with Crippen LogP contribution in [-0.4, -0.2) is 56.2 Å². The Labute approximate surface area is 128 Å². The van der Waals surface area contributed by atoms with Crippen molar-refractivity contribution in [3.63, 3.8) is 0 Å². The van der Waals surface area contributed by atoms with E-state index in [1.54, 1.807) is 4.90 Å². The lowest BCUT2D eigenvalue weighted by Crippen LogP contribution is -2.42. The number of morpholine rings is 1. The SMILES string of the molecule is CN(C)c1ccc2[nH]cc(C(=O)N3CCOCC3)c(=O)c2c1. The number of aromatic nitrogens is 1. The number of anilines is 1. The fraction of sp³-hybridized carbons (Fsp3) is 0.375. The van der Waals surface area contributed by atoms with Crippen molar-refractivity contribution in [1.82, 2.24) is 9.88 Å². The first kappa shape index (κ1) is 14.6. The van der Waals surface area contributed by atoms with Gasteiger partial charge in [0.1, 0.15) is 5.56 Å². The Morgan fingerprint density at radius 2 is 2.00 bits per heavy atom. The second-order valence-corrected chi connectivity index (χ2v) is 5.56. The van der Waals surface area contributed by atoms with Gasteiger partial charge in [0.2, 0.25) is 5.43 Å². The number of nitrogens with one attached hydrogen (secondary N) is 1. The van der Waals surface area contributed by atoms with E-state index in [0.717, 1.165) is 11.2 Å². The number of fused-ring (bicyclic) bond motifs is 1. The zero-order chi connectivity index (χ0) is 15.7. The first-order valence-corrected chi connectivity index (χ1v) is 7.28. The molecule has 0 radical (unpaired) electrons. The number of pyridine rings is 1. The molecule has 0 bridgehead atoms. The molecule has 6 nitrogen and oxygen atoms in total. The molecule has 1 N–H and O–H groups in total. The van der Waals surface area contributed by atoms with Crippen molar-refractivity contribution < 1.29 is 9.53 Å². The number of ether oxygens (including phenoxy) is 1. The molecule has 1 saturated heterocycles. The Morgan fingerprint density at radius 3 is 2.68 bits per heavy atom. The zero-order valence-electron chi connectivity index (χ0n) is 12.8. The maximum Gasteiger partial charge on any atom is 0.259 e. The standard InChI is InChI=1S/C16H19N3O3/c1-18(2)11-3-4-14-12(9-11)15(20)13(10-17-14)16(21)19-5-7-22-8-6-19/h3-4,9-10H,5-8H2,1-2H3,(H,17,20). The Balaban J connectivity index is 2.05. The molecule has 0 spiro atoms.